The minimum atomic E-state index is -0.700. The molecule has 1 N–H and O–H groups in total. The Kier molecular flexibility index (Phi) is 6.15. The van der Waals surface area contributed by atoms with Gasteiger partial charge in [-0.05, 0) is 6.42 Å². The van der Waals surface area contributed by atoms with Gasteiger partial charge >= 0.3 is 0 Å². The number of hydrogen-bond acceptors (Lipinski definition) is 3. The zero-order valence-corrected chi connectivity index (χ0v) is 10.9. The van der Waals surface area contributed by atoms with Crippen molar-refractivity contribution in [3.05, 3.63) is 12.4 Å². The highest BCUT2D eigenvalue weighted by atomic mass is 32.2. The summed E-state index contributed by atoms with van der Waals surface area (Å²) >= 11 is 0. The van der Waals surface area contributed by atoms with Crippen LogP contribution in [0.1, 0.15) is 26.7 Å². The summed E-state index contributed by atoms with van der Waals surface area (Å²) in [6, 6.07) is 0. The minimum absolute atomic E-state index is 0.692. The van der Waals surface area contributed by atoms with E-state index in [1.165, 1.54) is 6.42 Å². The number of unbranched alkanes of at least 4 members (excludes halogenated alkanes) is 1. The molecule has 5 heteroatoms. The first-order chi connectivity index (χ1) is 7.77. The Bertz CT molecular complexity index is 325. The summed E-state index contributed by atoms with van der Waals surface area (Å²) < 4.78 is 13.4. The second kappa shape index (κ2) is 7.44. The molecule has 0 radical (unpaired) electrons. The van der Waals surface area contributed by atoms with E-state index < -0.39 is 10.8 Å². The Balaban J connectivity index is 2.35. The summed E-state index contributed by atoms with van der Waals surface area (Å²) in [5, 5.41) is 3.23. The molecule has 0 saturated carbocycles. The maximum atomic E-state index is 11.2. The van der Waals surface area contributed by atoms with E-state index in [9.17, 15) is 4.21 Å². The van der Waals surface area contributed by atoms with Crippen LogP contribution in [0.25, 0.3) is 0 Å². The molecule has 16 heavy (non-hydrogen) atoms. The van der Waals surface area contributed by atoms with Crippen LogP contribution in [0, 0.1) is 0 Å². The lowest BCUT2D eigenvalue weighted by Gasteiger charge is -2.08. The van der Waals surface area contributed by atoms with Crippen LogP contribution in [0.15, 0.2) is 12.4 Å². The van der Waals surface area contributed by atoms with Crippen molar-refractivity contribution in [1.29, 1.82) is 0 Å². The van der Waals surface area contributed by atoms with Crippen molar-refractivity contribution >= 4 is 16.7 Å². The van der Waals surface area contributed by atoms with Crippen LogP contribution in [-0.4, -0.2) is 31.8 Å². The van der Waals surface area contributed by atoms with Gasteiger partial charge in [0.25, 0.3) is 0 Å². The van der Waals surface area contributed by atoms with Crippen molar-refractivity contribution in [3.63, 3.8) is 0 Å². The fraction of sp³-hybridized carbons (Fsp3) is 0.727. The highest BCUT2D eigenvalue weighted by Gasteiger charge is 2.02. The van der Waals surface area contributed by atoms with Gasteiger partial charge in [0.1, 0.15) is 0 Å². The monoisotopic (exact) mass is 243 g/mol. The normalized spacial score (nSPS) is 12.6. The third-order valence-electron chi connectivity index (χ3n) is 2.40. The van der Waals surface area contributed by atoms with Crippen molar-refractivity contribution in [2.24, 2.45) is 0 Å². The predicted molar refractivity (Wildman–Crippen MR) is 69.2 cm³/mol. The SMILES string of the molecule is CCCCn1ccnc1NCCS(=O)CC. The number of aryl methyl sites for hydroxylation is 1. The molecule has 0 aliphatic carbocycles. The van der Waals surface area contributed by atoms with Gasteiger partial charge in [0.15, 0.2) is 0 Å². The minimum Gasteiger partial charge on any atom is -0.355 e. The molecule has 0 aliphatic heterocycles. The van der Waals surface area contributed by atoms with Crippen LogP contribution in [0.5, 0.6) is 0 Å². The Labute approximate surface area is 99.9 Å². The van der Waals surface area contributed by atoms with E-state index in [2.05, 4.69) is 21.8 Å². The predicted octanol–water partition coefficient (Wildman–Crippen LogP) is 1.86. The molecule has 1 heterocycles. The Morgan fingerprint density at radius 3 is 3.00 bits per heavy atom. The van der Waals surface area contributed by atoms with E-state index in [1.54, 1.807) is 6.20 Å². The summed E-state index contributed by atoms with van der Waals surface area (Å²) in [6.07, 6.45) is 6.12. The van der Waals surface area contributed by atoms with Crippen molar-refractivity contribution in [2.75, 3.05) is 23.4 Å². The first-order valence-corrected chi connectivity index (χ1v) is 7.36. The fourth-order valence-electron chi connectivity index (χ4n) is 1.41. The quantitative estimate of drug-likeness (QED) is 0.758. The van der Waals surface area contributed by atoms with E-state index in [1.807, 2.05) is 13.1 Å². The first-order valence-electron chi connectivity index (χ1n) is 5.87. The Morgan fingerprint density at radius 2 is 2.31 bits per heavy atom. The Hall–Kier alpha value is -0.840. The molecule has 0 aromatic carbocycles. The van der Waals surface area contributed by atoms with Gasteiger partial charge in [-0.1, -0.05) is 20.3 Å². The van der Waals surface area contributed by atoms with E-state index in [4.69, 9.17) is 0 Å². The molecule has 1 unspecified atom stereocenters. The maximum Gasteiger partial charge on any atom is 0.202 e. The third-order valence-corrected chi connectivity index (χ3v) is 3.71. The molecular weight excluding hydrogens is 222 g/mol. The molecule has 0 fully saturated rings. The molecular formula is C11H21N3OS. The second-order valence-corrected chi connectivity index (χ2v) is 5.52. The van der Waals surface area contributed by atoms with Crippen molar-refractivity contribution in [3.8, 4) is 0 Å². The topological polar surface area (TPSA) is 46.9 Å². The molecule has 0 saturated heterocycles. The lowest BCUT2D eigenvalue weighted by atomic mass is 10.3. The van der Waals surface area contributed by atoms with Gasteiger partial charge in [-0.3, -0.25) is 4.21 Å². The number of nitrogens with zero attached hydrogens (tertiary/aromatic N) is 2. The molecule has 1 aromatic rings. The number of rotatable bonds is 8. The van der Waals surface area contributed by atoms with Crippen molar-refractivity contribution in [2.45, 2.75) is 33.2 Å². The number of nitrogens with one attached hydrogen (secondary N) is 1. The summed E-state index contributed by atoms with van der Waals surface area (Å²) in [6.45, 7) is 5.84. The van der Waals surface area contributed by atoms with Crippen molar-refractivity contribution < 1.29 is 4.21 Å². The van der Waals surface area contributed by atoms with Gasteiger partial charge in [0.05, 0.1) is 0 Å². The first kappa shape index (κ1) is 13.2. The molecule has 92 valence electrons. The van der Waals surface area contributed by atoms with Gasteiger partial charge in [-0.15, -0.1) is 0 Å². The Morgan fingerprint density at radius 1 is 1.50 bits per heavy atom. The molecule has 1 atom stereocenters. The fourth-order valence-corrected chi connectivity index (χ4v) is 2.02. The van der Waals surface area contributed by atoms with Gasteiger partial charge in [0.2, 0.25) is 5.95 Å². The molecule has 0 amide bonds. The number of hydrogen-bond donors (Lipinski definition) is 1. The highest BCUT2D eigenvalue weighted by Crippen LogP contribution is 2.05. The second-order valence-electron chi connectivity index (χ2n) is 3.66. The molecule has 0 spiro atoms. The zero-order chi connectivity index (χ0) is 11.8. The van der Waals surface area contributed by atoms with Crippen LogP contribution < -0.4 is 5.32 Å². The van der Waals surface area contributed by atoms with Crippen LogP contribution >= 0.6 is 0 Å². The van der Waals surface area contributed by atoms with Crippen LogP contribution in [-0.2, 0) is 17.3 Å². The number of aromatic nitrogens is 2. The number of imidazole rings is 1. The lowest BCUT2D eigenvalue weighted by molar-refractivity contribution is 0.635. The molecule has 0 bridgehead atoms. The summed E-state index contributed by atoms with van der Waals surface area (Å²) in [4.78, 5) is 4.24. The lowest BCUT2D eigenvalue weighted by Crippen LogP contribution is -2.15. The summed E-state index contributed by atoms with van der Waals surface area (Å²) in [5.41, 5.74) is 0. The van der Waals surface area contributed by atoms with Crippen molar-refractivity contribution in [1.82, 2.24) is 9.55 Å². The standard InChI is InChI=1S/C11H21N3OS/c1-3-5-8-14-9-6-12-11(14)13-7-10-16(15)4-2/h6,9H,3-5,7-8,10H2,1-2H3,(H,12,13). The average molecular weight is 243 g/mol. The molecule has 0 aliphatic rings. The summed E-state index contributed by atoms with van der Waals surface area (Å²) in [5.74, 6) is 2.31. The van der Waals surface area contributed by atoms with E-state index >= 15 is 0 Å². The van der Waals surface area contributed by atoms with E-state index in [0.717, 1.165) is 31.2 Å². The van der Waals surface area contributed by atoms with Gasteiger partial charge in [0, 0.05) is 47.8 Å². The van der Waals surface area contributed by atoms with Crippen LogP contribution in [0.3, 0.4) is 0 Å². The zero-order valence-electron chi connectivity index (χ0n) is 10.1. The van der Waals surface area contributed by atoms with E-state index in [-0.39, 0.29) is 0 Å². The van der Waals surface area contributed by atoms with Gasteiger partial charge in [-0.2, -0.15) is 0 Å². The highest BCUT2D eigenvalue weighted by molar-refractivity contribution is 7.84. The average Bonchev–Trinajstić information content (AvgIpc) is 2.73. The van der Waals surface area contributed by atoms with Crippen LogP contribution in [0.2, 0.25) is 0 Å². The molecule has 1 aromatic heterocycles. The summed E-state index contributed by atoms with van der Waals surface area (Å²) in [7, 11) is -0.700. The smallest absolute Gasteiger partial charge is 0.202 e. The largest absolute Gasteiger partial charge is 0.355 e. The molecule has 4 nitrogen and oxygen atoms in total. The van der Waals surface area contributed by atoms with E-state index in [0.29, 0.717) is 5.75 Å². The third kappa shape index (κ3) is 4.35. The van der Waals surface area contributed by atoms with Crippen LogP contribution in [0.4, 0.5) is 5.95 Å². The van der Waals surface area contributed by atoms with Gasteiger partial charge in [-0.25, -0.2) is 4.98 Å². The van der Waals surface area contributed by atoms with Gasteiger partial charge < -0.3 is 9.88 Å². The maximum absolute atomic E-state index is 11.2. The molecule has 1 rings (SSSR count). The number of anilines is 1.